The predicted molar refractivity (Wildman–Crippen MR) is 92.8 cm³/mol. The van der Waals surface area contributed by atoms with Crippen molar-refractivity contribution < 1.29 is 19.0 Å². The number of aromatic nitrogens is 1. The van der Waals surface area contributed by atoms with Gasteiger partial charge < -0.3 is 19.6 Å². The molecule has 0 spiro atoms. The number of carbonyl (C=O) groups is 2. The van der Waals surface area contributed by atoms with Gasteiger partial charge in [0.05, 0.1) is 36.9 Å². The first-order chi connectivity index (χ1) is 12.0. The highest BCUT2D eigenvalue weighted by Crippen LogP contribution is 2.19. The number of nitrogens with zero attached hydrogens (tertiary/aromatic N) is 2. The Kier molecular flexibility index (Phi) is 5.35. The molecule has 2 amide bonds. The van der Waals surface area contributed by atoms with Crippen LogP contribution < -0.4 is 10.2 Å². The Balaban J connectivity index is 1.48. The lowest BCUT2D eigenvalue weighted by Crippen LogP contribution is -3.15. The van der Waals surface area contributed by atoms with Crippen molar-refractivity contribution in [3.05, 3.63) is 46.8 Å². The van der Waals surface area contributed by atoms with Crippen molar-refractivity contribution in [1.29, 1.82) is 0 Å². The first-order valence-electron chi connectivity index (χ1n) is 8.13. The summed E-state index contributed by atoms with van der Waals surface area (Å²) in [6.45, 7) is 4.68. The van der Waals surface area contributed by atoms with E-state index in [0.717, 1.165) is 4.90 Å². The fraction of sp³-hybridized carbons (Fsp3) is 0.353. The smallest absolute Gasteiger partial charge is 0.279 e. The normalized spacial score (nSPS) is 15.2. The van der Waals surface area contributed by atoms with Gasteiger partial charge in [-0.25, -0.2) is 0 Å². The van der Waals surface area contributed by atoms with Crippen LogP contribution in [0.25, 0.3) is 0 Å². The molecule has 2 heterocycles. The van der Waals surface area contributed by atoms with Gasteiger partial charge in [-0.15, -0.1) is 0 Å². The van der Waals surface area contributed by atoms with Crippen LogP contribution in [-0.2, 0) is 4.79 Å². The van der Waals surface area contributed by atoms with Crippen molar-refractivity contribution in [3.63, 3.8) is 0 Å². The van der Waals surface area contributed by atoms with Crippen molar-refractivity contribution in [3.8, 4) is 0 Å². The van der Waals surface area contributed by atoms with Crippen LogP contribution in [0.15, 0.2) is 34.9 Å². The number of halogens is 1. The van der Waals surface area contributed by atoms with E-state index in [1.165, 1.54) is 0 Å². The van der Waals surface area contributed by atoms with Crippen LogP contribution in [0.2, 0.25) is 5.02 Å². The Labute approximate surface area is 150 Å². The van der Waals surface area contributed by atoms with E-state index in [2.05, 4.69) is 10.5 Å². The van der Waals surface area contributed by atoms with Crippen molar-refractivity contribution in [2.45, 2.75) is 6.92 Å². The summed E-state index contributed by atoms with van der Waals surface area (Å²) in [5.41, 5.74) is 0.946. The zero-order valence-corrected chi connectivity index (χ0v) is 14.7. The van der Waals surface area contributed by atoms with Gasteiger partial charge in [0.25, 0.3) is 11.8 Å². The number of amides is 2. The second-order valence-corrected chi connectivity index (χ2v) is 6.48. The molecule has 0 aliphatic carbocycles. The van der Waals surface area contributed by atoms with Crippen LogP contribution in [-0.4, -0.2) is 54.6 Å². The number of hydrogen-bond donors (Lipinski definition) is 2. The first-order valence-corrected chi connectivity index (χ1v) is 8.51. The number of aryl methyl sites for hydroxylation is 1. The minimum atomic E-state index is -0.128. The van der Waals surface area contributed by atoms with Crippen LogP contribution in [0, 0.1) is 6.92 Å². The van der Waals surface area contributed by atoms with Crippen molar-refractivity contribution >= 4 is 29.1 Å². The topological polar surface area (TPSA) is 79.9 Å². The van der Waals surface area contributed by atoms with Crippen molar-refractivity contribution in [2.24, 2.45) is 0 Å². The maximum atomic E-state index is 12.3. The molecule has 1 aromatic heterocycles. The van der Waals surface area contributed by atoms with Crippen LogP contribution in [0.4, 0.5) is 5.69 Å². The number of benzene rings is 1. The van der Waals surface area contributed by atoms with Gasteiger partial charge in [-0.2, -0.15) is 0 Å². The summed E-state index contributed by atoms with van der Waals surface area (Å²) in [5, 5.41) is 7.11. The van der Waals surface area contributed by atoms with E-state index in [-0.39, 0.29) is 11.8 Å². The summed E-state index contributed by atoms with van der Waals surface area (Å²) < 4.78 is 4.95. The van der Waals surface area contributed by atoms with Crippen LogP contribution in [0.3, 0.4) is 0 Å². The summed E-state index contributed by atoms with van der Waals surface area (Å²) in [4.78, 5) is 27.4. The predicted octanol–water partition coefficient (Wildman–Crippen LogP) is 0.616. The van der Waals surface area contributed by atoms with E-state index < -0.39 is 0 Å². The van der Waals surface area contributed by atoms with Gasteiger partial charge in [0.15, 0.2) is 12.2 Å². The summed E-state index contributed by atoms with van der Waals surface area (Å²) >= 11 is 6.05. The molecule has 0 bridgehead atoms. The molecule has 132 valence electrons. The first kappa shape index (κ1) is 17.4. The van der Waals surface area contributed by atoms with Gasteiger partial charge in [-0.05, 0) is 19.1 Å². The number of piperazine rings is 1. The molecule has 7 nitrogen and oxygen atoms in total. The molecule has 0 atom stereocenters. The van der Waals surface area contributed by atoms with Crippen molar-refractivity contribution in [1.82, 2.24) is 10.1 Å². The van der Waals surface area contributed by atoms with E-state index in [9.17, 15) is 9.59 Å². The van der Waals surface area contributed by atoms with Crippen molar-refractivity contribution in [2.75, 3.05) is 38.0 Å². The molecular formula is C17H20ClN4O3+. The number of anilines is 1. The Morgan fingerprint density at radius 2 is 2.04 bits per heavy atom. The largest absolute Gasteiger partial charge is 0.361 e. The van der Waals surface area contributed by atoms with Gasteiger partial charge >= 0.3 is 0 Å². The molecule has 1 aromatic carbocycles. The fourth-order valence-electron chi connectivity index (χ4n) is 2.82. The van der Waals surface area contributed by atoms with E-state index in [1.54, 1.807) is 30.0 Å². The number of quaternary nitrogens is 1. The molecule has 25 heavy (non-hydrogen) atoms. The Morgan fingerprint density at radius 3 is 2.68 bits per heavy atom. The number of rotatable bonds is 4. The molecule has 1 fully saturated rings. The number of hydrogen-bond acceptors (Lipinski definition) is 4. The lowest BCUT2D eigenvalue weighted by atomic mass is 10.2. The van der Waals surface area contributed by atoms with Gasteiger partial charge in [-0.3, -0.25) is 9.59 Å². The minimum Gasteiger partial charge on any atom is -0.361 e. The highest BCUT2D eigenvalue weighted by atomic mass is 35.5. The average Bonchev–Trinajstić information content (AvgIpc) is 3.03. The fourth-order valence-corrected chi connectivity index (χ4v) is 3.00. The molecule has 0 saturated carbocycles. The molecule has 3 rings (SSSR count). The third kappa shape index (κ3) is 4.37. The number of para-hydroxylation sites is 1. The van der Waals surface area contributed by atoms with Crippen LogP contribution >= 0.6 is 11.6 Å². The highest BCUT2D eigenvalue weighted by molar-refractivity contribution is 6.33. The lowest BCUT2D eigenvalue weighted by molar-refractivity contribution is -0.895. The maximum Gasteiger partial charge on any atom is 0.279 e. The minimum absolute atomic E-state index is 0.0880. The molecule has 2 aromatic rings. The molecule has 8 heteroatoms. The SMILES string of the molecule is Cc1cc(C(=O)N2CC[NH+](CC(=O)Nc3ccccc3Cl)CC2)no1. The van der Waals surface area contributed by atoms with Gasteiger partial charge in [0.2, 0.25) is 0 Å². The third-order valence-corrected chi connectivity index (χ3v) is 4.49. The average molecular weight is 364 g/mol. The van der Waals surface area contributed by atoms with Crippen LogP contribution in [0.5, 0.6) is 0 Å². The monoisotopic (exact) mass is 363 g/mol. The quantitative estimate of drug-likeness (QED) is 0.834. The second kappa shape index (κ2) is 7.67. The van der Waals surface area contributed by atoms with Gasteiger partial charge in [0, 0.05) is 6.07 Å². The summed E-state index contributed by atoms with van der Waals surface area (Å²) in [7, 11) is 0. The third-order valence-electron chi connectivity index (χ3n) is 4.16. The van der Waals surface area contributed by atoms with E-state index in [4.69, 9.17) is 16.1 Å². The van der Waals surface area contributed by atoms with E-state index >= 15 is 0 Å². The van der Waals surface area contributed by atoms with Crippen LogP contribution in [0.1, 0.15) is 16.2 Å². The molecular weight excluding hydrogens is 344 g/mol. The van der Waals surface area contributed by atoms with Gasteiger partial charge in [-0.1, -0.05) is 28.9 Å². The summed E-state index contributed by atoms with van der Waals surface area (Å²) in [6, 6.07) is 8.78. The highest BCUT2D eigenvalue weighted by Gasteiger charge is 2.27. The zero-order valence-electron chi connectivity index (χ0n) is 13.9. The Hall–Kier alpha value is -2.38. The molecule has 0 unspecified atom stereocenters. The molecule has 1 saturated heterocycles. The standard InChI is InChI=1S/C17H19ClN4O3/c1-12-10-15(20-25-12)17(24)22-8-6-21(7-9-22)11-16(23)19-14-5-3-2-4-13(14)18/h2-5,10H,6-9,11H2,1H3,(H,19,23)/p+1. The summed E-state index contributed by atoms with van der Waals surface area (Å²) in [6.07, 6.45) is 0. The maximum absolute atomic E-state index is 12.3. The molecule has 2 N–H and O–H groups in total. The summed E-state index contributed by atoms with van der Waals surface area (Å²) in [5.74, 6) is 0.398. The van der Waals surface area contributed by atoms with Gasteiger partial charge in [0.1, 0.15) is 5.76 Å². The van der Waals surface area contributed by atoms with E-state index in [1.807, 2.05) is 12.1 Å². The Morgan fingerprint density at radius 1 is 1.32 bits per heavy atom. The second-order valence-electron chi connectivity index (χ2n) is 6.07. The molecule has 0 radical (unpaired) electrons. The lowest BCUT2D eigenvalue weighted by Gasteiger charge is -2.31. The Bertz CT molecular complexity index is 769. The number of carbonyl (C=O) groups excluding carboxylic acids is 2. The number of nitrogens with one attached hydrogen (secondary N) is 2. The zero-order chi connectivity index (χ0) is 17.8. The molecule has 1 aliphatic heterocycles. The molecule has 1 aliphatic rings. The van der Waals surface area contributed by atoms with E-state index in [0.29, 0.717) is 54.9 Å².